The van der Waals surface area contributed by atoms with Crippen LogP contribution in [0.15, 0.2) is 0 Å². The fourth-order valence-electron chi connectivity index (χ4n) is 2.08. The summed E-state index contributed by atoms with van der Waals surface area (Å²) < 4.78 is 0. The van der Waals surface area contributed by atoms with Crippen molar-refractivity contribution in [3.63, 3.8) is 0 Å². The van der Waals surface area contributed by atoms with Gasteiger partial charge in [-0.2, -0.15) is 11.8 Å². The number of hydrogen-bond donors (Lipinski definition) is 1. The number of nitrogens with one attached hydrogen (secondary N) is 1. The van der Waals surface area contributed by atoms with Crippen LogP contribution in [0.4, 0.5) is 0 Å². The van der Waals surface area contributed by atoms with Crippen LogP contribution in [0.1, 0.15) is 33.6 Å². The van der Waals surface area contributed by atoms with Crippen molar-refractivity contribution in [3.05, 3.63) is 0 Å². The fraction of sp³-hybridized carbons (Fsp3) is 0.833. The summed E-state index contributed by atoms with van der Waals surface area (Å²) in [6.45, 7) is 6.60. The zero-order chi connectivity index (χ0) is 13.0. The van der Waals surface area contributed by atoms with E-state index in [0.717, 1.165) is 0 Å². The van der Waals surface area contributed by atoms with Gasteiger partial charge in [0, 0.05) is 11.8 Å². The van der Waals surface area contributed by atoms with Gasteiger partial charge in [0.15, 0.2) is 0 Å². The molecule has 4 nitrogen and oxygen atoms in total. The molecule has 1 N–H and O–H groups in total. The summed E-state index contributed by atoms with van der Waals surface area (Å²) in [5, 5.41) is 3.16. The molecule has 1 fully saturated rings. The SMILES string of the molecule is CCC1NC(=O)C(CC)N(CC(C)SC)C1=O. The van der Waals surface area contributed by atoms with Crippen molar-refractivity contribution in [2.24, 2.45) is 0 Å². The number of amides is 2. The largest absolute Gasteiger partial charge is 0.343 e. The van der Waals surface area contributed by atoms with E-state index < -0.39 is 0 Å². The molecule has 0 aliphatic carbocycles. The van der Waals surface area contributed by atoms with Crippen molar-refractivity contribution in [1.29, 1.82) is 0 Å². The lowest BCUT2D eigenvalue weighted by Gasteiger charge is -2.39. The van der Waals surface area contributed by atoms with E-state index in [4.69, 9.17) is 0 Å². The molecule has 1 aliphatic heterocycles. The van der Waals surface area contributed by atoms with Crippen molar-refractivity contribution in [3.8, 4) is 0 Å². The smallest absolute Gasteiger partial charge is 0.245 e. The monoisotopic (exact) mass is 258 g/mol. The molecule has 3 unspecified atom stereocenters. The van der Waals surface area contributed by atoms with E-state index in [1.54, 1.807) is 16.7 Å². The molecule has 1 rings (SSSR count). The summed E-state index contributed by atoms with van der Waals surface area (Å²) in [5.41, 5.74) is 0. The number of piperazine rings is 1. The minimum absolute atomic E-state index is 0.00717. The minimum Gasteiger partial charge on any atom is -0.343 e. The van der Waals surface area contributed by atoms with Crippen LogP contribution in [0.3, 0.4) is 0 Å². The van der Waals surface area contributed by atoms with E-state index in [2.05, 4.69) is 12.2 Å². The molecule has 1 aliphatic rings. The Morgan fingerprint density at radius 2 is 2.00 bits per heavy atom. The standard InChI is InChI=1S/C12H22N2O2S/c1-5-9-12(16)14(7-8(3)17-4)10(6-2)11(15)13-9/h8-10H,5-7H2,1-4H3,(H,13,15). The summed E-state index contributed by atoms with van der Waals surface area (Å²) >= 11 is 1.72. The number of thioether (sulfide) groups is 1. The van der Waals surface area contributed by atoms with Crippen molar-refractivity contribution >= 4 is 23.6 Å². The molecule has 0 bridgehead atoms. The molecular formula is C12H22N2O2S. The summed E-state index contributed by atoms with van der Waals surface area (Å²) in [7, 11) is 0. The van der Waals surface area contributed by atoms with Gasteiger partial charge in [-0.1, -0.05) is 20.8 Å². The lowest BCUT2D eigenvalue weighted by atomic mass is 10.0. The van der Waals surface area contributed by atoms with Gasteiger partial charge in [0.25, 0.3) is 0 Å². The van der Waals surface area contributed by atoms with Gasteiger partial charge in [0.2, 0.25) is 11.8 Å². The minimum atomic E-state index is -0.334. The van der Waals surface area contributed by atoms with E-state index in [9.17, 15) is 9.59 Å². The van der Waals surface area contributed by atoms with Crippen LogP contribution in [0.5, 0.6) is 0 Å². The van der Waals surface area contributed by atoms with Crippen LogP contribution < -0.4 is 5.32 Å². The molecule has 0 saturated carbocycles. The maximum absolute atomic E-state index is 12.2. The molecule has 0 aromatic carbocycles. The molecule has 0 aromatic heterocycles. The number of rotatable bonds is 5. The summed E-state index contributed by atoms with van der Waals surface area (Å²) in [4.78, 5) is 25.9. The van der Waals surface area contributed by atoms with Crippen LogP contribution in [0.25, 0.3) is 0 Å². The van der Waals surface area contributed by atoms with Crippen LogP contribution in [0.2, 0.25) is 0 Å². The highest BCUT2D eigenvalue weighted by atomic mass is 32.2. The van der Waals surface area contributed by atoms with Crippen molar-refractivity contribution in [2.75, 3.05) is 12.8 Å². The number of carbonyl (C=O) groups is 2. The summed E-state index contributed by atoms with van der Waals surface area (Å²) in [5.74, 6) is 0.0621. The topological polar surface area (TPSA) is 49.4 Å². The van der Waals surface area contributed by atoms with Gasteiger partial charge in [0.05, 0.1) is 0 Å². The molecule has 5 heteroatoms. The Hall–Kier alpha value is -0.710. The first-order valence-corrected chi connectivity index (χ1v) is 7.47. The number of carbonyl (C=O) groups excluding carboxylic acids is 2. The highest BCUT2D eigenvalue weighted by molar-refractivity contribution is 7.99. The first-order valence-electron chi connectivity index (χ1n) is 6.18. The van der Waals surface area contributed by atoms with Crippen molar-refractivity contribution in [1.82, 2.24) is 10.2 Å². The maximum Gasteiger partial charge on any atom is 0.245 e. The second-order valence-corrected chi connectivity index (χ2v) is 5.71. The van der Waals surface area contributed by atoms with E-state index in [0.29, 0.717) is 24.6 Å². The highest BCUT2D eigenvalue weighted by Crippen LogP contribution is 2.18. The third-order valence-electron chi connectivity index (χ3n) is 3.23. The van der Waals surface area contributed by atoms with Gasteiger partial charge >= 0.3 is 0 Å². The number of nitrogens with zero attached hydrogens (tertiary/aromatic N) is 1. The van der Waals surface area contributed by atoms with Crippen LogP contribution >= 0.6 is 11.8 Å². The normalized spacial score (nSPS) is 26.9. The Kier molecular flexibility index (Phi) is 5.31. The van der Waals surface area contributed by atoms with Gasteiger partial charge in [-0.3, -0.25) is 9.59 Å². The van der Waals surface area contributed by atoms with E-state index in [-0.39, 0.29) is 23.9 Å². The quantitative estimate of drug-likeness (QED) is 0.807. The third-order valence-corrected chi connectivity index (χ3v) is 4.18. The molecule has 0 radical (unpaired) electrons. The van der Waals surface area contributed by atoms with Gasteiger partial charge in [-0.25, -0.2) is 0 Å². The molecular weight excluding hydrogens is 236 g/mol. The average molecular weight is 258 g/mol. The van der Waals surface area contributed by atoms with Crippen LogP contribution in [-0.4, -0.2) is 46.8 Å². The Morgan fingerprint density at radius 1 is 1.35 bits per heavy atom. The Balaban J connectivity index is 2.84. The molecule has 0 spiro atoms. The third kappa shape index (κ3) is 3.15. The van der Waals surface area contributed by atoms with Gasteiger partial charge in [-0.15, -0.1) is 0 Å². The zero-order valence-corrected chi connectivity index (χ0v) is 11.8. The molecule has 17 heavy (non-hydrogen) atoms. The summed E-state index contributed by atoms with van der Waals surface area (Å²) in [6.07, 6.45) is 3.36. The molecule has 2 amide bonds. The Morgan fingerprint density at radius 3 is 2.47 bits per heavy atom. The molecule has 0 aromatic rings. The van der Waals surface area contributed by atoms with Crippen LogP contribution in [-0.2, 0) is 9.59 Å². The van der Waals surface area contributed by atoms with E-state index in [1.807, 2.05) is 20.1 Å². The van der Waals surface area contributed by atoms with E-state index in [1.165, 1.54) is 0 Å². The van der Waals surface area contributed by atoms with E-state index >= 15 is 0 Å². The first kappa shape index (κ1) is 14.4. The number of hydrogen-bond acceptors (Lipinski definition) is 3. The summed E-state index contributed by atoms with van der Waals surface area (Å²) in [6, 6.07) is -0.626. The molecule has 1 heterocycles. The highest BCUT2D eigenvalue weighted by Gasteiger charge is 2.38. The predicted molar refractivity (Wildman–Crippen MR) is 71.0 cm³/mol. The van der Waals surface area contributed by atoms with Crippen molar-refractivity contribution < 1.29 is 9.59 Å². The van der Waals surface area contributed by atoms with Gasteiger partial charge < -0.3 is 10.2 Å². The molecule has 1 saturated heterocycles. The molecule has 98 valence electrons. The maximum atomic E-state index is 12.2. The van der Waals surface area contributed by atoms with Gasteiger partial charge in [0.1, 0.15) is 12.1 Å². The Bertz CT molecular complexity index is 296. The molecule has 3 atom stereocenters. The average Bonchev–Trinajstić information content (AvgIpc) is 2.33. The van der Waals surface area contributed by atoms with Crippen molar-refractivity contribution in [2.45, 2.75) is 50.9 Å². The predicted octanol–water partition coefficient (Wildman–Crippen LogP) is 1.25. The fourth-order valence-corrected chi connectivity index (χ4v) is 2.39. The zero-order valence-electron chi connectivity index (χ0n) is 11.0. The lowest BCUT2D eigenvalue weighted by molar-refractivity contribution is -0.149. The van der Waals surface area contributed by atoms with Crippen LogP contribution in [0, 0.1) is 0 Å². The lowest BCUT2D eigenvalue weighted by Crippen LogP contribution is -2.63. The van der Waals surface area contributed by atoms with Gasteiger partial charge in [-0.05, 0) is 19.1 Å². The first-order chi connectivity index (χ1) is 8.04. The Labute approximate surface area is 108 Å². The second kappa shape index (κ2) is 6.28. The second-order valence-electron chi connectivity index (χ2n) is 4.43.